The molecular formula is C14H18O2. The first-order chi connectivity index (χ1) is 7.65. The van der Waals surface area contributed by atoms with Crippen LogP contribution in [0.4, 0.5) is 0 Å². The molecule has 0 aliphatic heterocycles. The Hall–Kier alpha value is -1.38. The zero-order chi connectivity index (χ0) is 12.0. The molecule has 1 aromatic carbocycles. The maximum atomic E-state index is 10.5. The molecule has 2 atom stereocenters. The number of hydrogen-bond donors (Lipinski definition) is 2. The summed E-state index contributed by atoms with van der Waals surface area (Å²) in [5, 5.41) is 20.5. The van der Waals surface area contributed by atoms with Crippen LogP contribution in [0.15, 0.2) is 55.6 Å². The highest BCUT2D eigenvalue weighted by molar-refractivity contribution is 5.25. The highest BCUT2D eigenvalue weighted by Crippen LogP contribution is 2.30. The van der Waals surface area contributed by atoms with Crippen LogP contribution in [0.2, 0.25) is 0 Å². The van der Waals surface area contributed by atoms with E-state index in [1.165, 1.54) is 0 Å². The van der Waals surface area contributed by atoms with E-state index in [9.17, 15) is 10.2 Å². The van der Waals surface area contributed by atoms with Crippen LogP contribution < -0.4 is 0 Å². The number of aliphatic hydroxyl groups excluding tert-OH is 1. The predicted octanol–water partition coefficient (Wildman–Crippen LogP) is 2.39. The van der Waals surface area contributed by atoms with Crippen molar-refractivity contribution in [1.29, 1.82) is 0 Å². The third-order valence-corrected chi connectivity index (χ3v) is 2.67. The Morgan fingerprint density at radius 3 is 2.31 bits per heavy atom. The second-order valence-electron chi connectivity index (χ2n) is 3.82. The lowest BCUT2D eigenvalue weighted by Crippen LogP contribution is -2.38. The molecule has 0 fully saturated rings. The zero-order valence-electron chi connectivity index (χ0n) is 9.34. The fraction of sp³-hybridized carbons (Fsp3) is 0.286. The molecule has 0 saturated heterocycles. The third-order valence-electron chi connectivity index (χ3n) is 2.67. The molecule has 0 aliphatic carbocycles. The summed E-state index contributed by atoms with van der Waals surface area (Å²) in [6, 6.07) is 9.15. The molecule has 2 unspecified atom stereocenters. The average Bonchev–Trinajstić information content (AvgIpc) is 2.30. The van der Waals surface area contributed by atoms with Crippen molar-refractivity contribution >= 4 is 0 Å². The summed E-state index contributed by atoms with van der Waals surface area (Å²) in [5.41, 5.74) is -0.582. The van der Waals surface area contributed by atoms with Crippen molar-refractivity contribution in [3.8, 4) is 0 Å². The summed E-state index contributed by atoms with van der Waals surface area (Å²) in [5.74, 6) is 0. The Bertz CT molecular complexity index is 345. The Balaban J connectivity index is 3.05. The molecule has 0 heterocycles. The van der Waals surface area contributed by atoms with E-state index >= 15 is 0 Å². The summed E-state index contributed by atoms with van der Waals surface area (Å²) < 4.78 is 0. The van der Waals surface area contributed by atoms with Crippen LogP contribution in [-0.2, 0) is 5.60 Å². The lowest BCUT2D eigenvalue weighted by molar-refractivity contribution is -0.0766. The third kappa shape index (κ3) is 2.60. The second-order valence-corrected chi connectivity index (χ2v) is 3.82. The summed E-state index contributed by atoms with van der Waals surface area (Å²) >= 11 is 0. The van der Waals surface area contributed by atoms with Gasteiger partial charge in [0.15, 0.2) is 0 Å². The number of benzene rings is 1. The van der Waals surface area contributed by atoms with Crippen LogP contribution in [0.25, 0.3) is 0 Å². The Morgan fingerprint density at radius 2 is 1.81 bits per heavy atom. The van der Waals surface area contributed by atoms with E-state index in [-0.39, 0.29) is 0 Å². The van der Waals surface area contributed by atoms with Crippen LogP contribution in [0.5, 0.6) is 0 Å². The number of rotatable bonds is 6. The molecule has 1 rings (SSSR count). The molecule has 86 valence electrons. The van der Waals surface area contributed by atoms with Crippen LogP contribution >= 0.6 is 0 Å². The van der Waals surface area contributed by atoms with Gasteiger partial charge in [-0.3, -0.25) is 0 Å². The van der Waals surface area contributed by atoms with Gasteiger partial charge in [-0.25, -0.2) is 0 Å². The second kappa shape index (κ2) is 5.64. The number of hydrogen-bond acceptors (Lipinski definition) is 2. The first kappa shape index (κ1) is 12.7. The van der Waals surface area contributed by atoms with E-state index in [2.05, 4.69) is 13.2 Å². The molecule has 2 N–H and O–H groups in total. The van der Waals surface area contributed by atoms with E-state index in [1.807, 2.05) is 18.2 Å². The highest BCUT2D eigenvalue weighted by Gasteiger charge is 2.35. The molecule has 2 nitrogen and oxygen atoms in total. The highest BCUT2D eigenvalue weighted by atomic mass is 16.3. The van der Waals surface area contributed by atoms with Crippen molar-refractivity contribution in [2.75, 3.05) is 0 Å². The Labute approximate surface area is 96.6 Å². The molecular weight excluding hydrogens is 200 g/mol. The lowest BCUT2D eigenvalue weighted by Gasteiger charge is -2.32. The van der Waals surface area contributed by atoms with E-state index in [4.69, 9.17) is 0 Å². The molecule has 0 spiro atoms. The molecule has 2 heteroatoms. The van der Waals surface area contributed by atoms with Crippen LogP contribution in [0.3, 0.4) is 0 Å². The van der Waals surface area contributed by atoms with Gasteiger partial charge in [-0.05, 0) is 12.0 Å². The van der Waals surface area contributed by atoms with Crippen LogP contribution in [0, 0.1) is 0 Å². The largest absolute Gasteiger partial charge is 0.389 e. The fourth-order valence-corrected chi connectivity index (χ4v) is 1.75. The molecule has 0 bridgehead atoms. The zero-order valence-corrected chi connectivity index (χ0v) is 9.34. The van der Waals surface area contributed by atoms with E-state index in [0.29, 0.717) is 18.4 Å². The molecule has 0 radical (unpaired) electrons. The van der Waals surface area contributed by atoms with Gasteiger partial charge in [-0.2, -0.15) is 0 Å². The molecule has 1 aromatic rings. The SMILES string of the molecule is C=CCC(O)C(O)(CC=C)c1ccccc1. The molecule has 0 aliphatic rings. The van der Waals surface area contributed by atoms with Crippen molar-refractivity contribution in [2.45, 2.75) is 24.5 Å². The van der Waals surface area contributed by atoms with Crippen molar-refractivity contribution in [3.05, 3.63) is 61.2 Å². The maximum Gasteiger partial charge on any atom is 0.119 e. The smallest absolute Gasteiger partial charge is 0.119 e. The van der Waals surface area contributed by atoms with Gasteiger partial charge in [-0.15, -0.1) is 13.2 Å². The monoisotopic (exact) mass is 218 g/mol. The van der Waals surface area contributed by atoms with Crippen molar-refractivity contribution in [2.24, 2.45) is 0 Å². The van der Waals surface area contributed by atoms with Gasteiger partial charge >= 0.3 is 0 Å². The summed E-state index contributed by atoms with van der Waals surface area (Å²) in [6.45, 7) is 7.19. The van der Waals surface area contributed by atoms with Gasteiger partial charge in [0.25, 0.3) is 0 Å². The standard InChI is InChI=1S/C14H18O2/c1-3-8-13(15)14(16,11-4-2)12-9-6-5-7-10-12/h3-7,9-10,13,15-16H,1-2,8,11H2. The van der Waals surface area contributed by atoms with Gasteiger partial charge in [0, 0.05) is 6.42 Å². The Kier molecular flexibility index (Phi) is 4.47. The predicted molar refractivity (Wildman–Crippen MR) is 66.0 cm³/mol. The van der Waals surface area contributed by atoms with E-state index < -0.39 is 11.7 Å². The van der Waals surface area contributed by atoms with Gasteiger partial charge in [0.05, 0.1) is 6.10 Å². The van der Waals surface area contributed by atoms with E-state index in [1.54, 1.807) is 24.3 Å². The summed E-state index contributed by atoms with van der Waals surface area (Å²) in [7, 11) is 0. The minimum atomic E-state index is -1.28. The minimum Gasteiger partial charge on any atom is -0.389 e. The average molecular weight is 218 g/mol. The van der Waals surface area contributed by atoms with Crippen LogP contribution in [0.1, 0.15) is 18.4 Å². The van der Waals surface area contributed by atoms with Gasteiger partial charge in [0.1, 0.15) is 5.60 Å². The maximum absolute atomic E-state index is 10.5. The van der Waals surface area contributed by atoms with Crippen molar-refractivity contribution in [3.63, 3.8) is 0 Å². The quantitative estimate of drug-likeness (QED) is 0.720. The Morgan fingerprint density at radius 1 is 1.19 bits per heavy atom. The molecule has 0 amide bonds. The molecule has 16 heavy (non-hydrogen) atoms. The molecule has 0 aromatic heterocycles. The minimum absolute atomic E-state index is 0.312. The fourth-order valence-electron chi connectivity index (χ4n) is 1.75. The van der Waals surface area contributed by atoms with Crippen molar-refractivity contribution in [1.82, 2.24) is 0 Å². The number of aliphatic hydroxyl groups is 2. The van der Waals surface area contributed by atoms with Gasteiger partial charge in [0.2, 0.25) is 0 Å². The first-order valence-corrected chi connectivity index (χ1v) is 5.33. The normalized spacial score (nSPS) is 16.1. The lowest BCUT2D eigenvalue weighted by atomic mass is 9.84. The topological polar surface area (TPSA) is 40.5 Å². The van der Waals surface area contributed by atoms with E-state index in [0.717, 1.165) is 0 Å². The van der Waals surface area contributed by atoms with Gasteiger partial charge in [-0.1, -0.05) is 42.5 Å². The summed E-state index contributed by atoms with van der Waals surface area (Å²) in [4.78, 5) is 0. The van der Waals surface area contributed by atoms with Crippen molar-refractivity contribution < 1.29 is 10.2 Å². The molecule has 0 saturated carbocycles. The van der Waals surface area contributed by atoms with Crippen LogP contribution in [-0.4, -0.2) is 16.3 Å². The first-order valence-electron chi connectivity index (χ1n) is 5.33. The summed E-state index contributed by atoms with van der Waals surface area (Å²) in [6.07, 6.45) is 3.00. The van der Waals surface area contributed by atoms with Gasteiger partial charge < -0.3 is 10.2 Å².